The van der Waals surface area contributed by atoms with E-state index >= 15 is 0 Å². The second-order valence-corrected chi connectivity index (χ2v) is 6.53. The molecule has 0 N–H and O–H groups in total. The van der Waals surface area contributed by atoms with Crippen LogP contribution in [0.15, 0.2) is 21.5 Å². The van der Waals surface area contributed by atoms with Crippen molar-refractivity contribution >= 4 is 33.4 Å². The summed E-state index contributed by atoms with van der Waals surface area (Å²) in [6.07, 6.45) is 1.11. The van der Waals surface area contributed by atoms with Crippen LogP contribution in [0, 0.1) is 10.1 Å². The predicted molar refractivity (Wildman–Crippen MR) is 69.2 cm³/mol. The normalized spacial score (nSPS) is 17.9. The van der Waals surface area contributed by atoms with Crippen molar-refractivity contribution in [2.75, 3.05) is 5.75 Å². The molecule has 0 radical (unpaired) electrons. The maximum atomic E-state index is 10.8. The van der Waals surface area contributed by atoms with Crippen LogP contribution in [0.2, 0.25) is 0 Å². The van der Waals surface area contributed by atoms with Crippen LogP contribution >= 0.6 is 27.7 Å². The van der Waals surface area contributed by atoms with E-state index < -0.39 is 0 Å². The molecule has 0 spiro atoms. The van der Waals surface area contributed by atoms with Gasteiger partial charge in [0.1, 0.15) is 0 Å². The number of nitrogens with zero attached hydrogens (tertiary/aromatic N) is 1. The smallest absolute Gasteiger partial charge is 0.258 e. The van der Waals surface area contributed by atoms with Gasteiger partial charge in [-0.3, -0.25) is 10.1 Å². The first-order valence-corrected chi connectivity index (χ1v) is 6.81. The fourth-order valence-corrected chi connectivity index (χ4v) is 3.89. The Balaban J connectivity index is 2.60. The van der Waals surface area contributed by atoms with Gasteiger partial charge in [0.05, 0.1) is 9.40 Å². The first-order valence-electron chi connectivity index (χ1n) is 5.03. The third-order valence-electron chi connectivity index (χ3n) is 2.96. The SMILES string of the molecule is CC1(C)CCSc2cc([N+](=O)[O-])c(Br)cc21. The van der Waals surface area contributed by atoms with E-state index in [1.165, 1.54) is 5.56 Å². The molecule has 1 aromatic rings. The van der Waals surface area contributed by atoms with Crippen LogP contribution in [0.3, 0.4) is 0 Å². The van der Waals surface area contributed by atoms with Crippen molar-refractivity contribution in [1.29, 1.82) is 0 Å². The van der Waals surface area contributed by atoms with E-state index in [9.17, 15) is 10.1 Å². The fourth-order valence-electron chi connectivity index (χ4n) is 1.88. The molecule has 0 aliphatic carbocycles. The number of hydrogen-bond donors (Lipinski definition) is 0. The van der Waals surface area contributed by atoms with Crippen molar-refractivity contribution in [3.05, 3.63) is 32.3 Å². The van der Waals surface area contributed by atoms with Crippen molar-refractivity contribution < 1.29 is 4.92 Å². The Morgan fingerprint density at radius 3 is 2.81 bits per heavy atom. The summed E-state index contributed by atoms with van der Waals surface area (Å²) in [7, 11) is 0. The lowest BCUT2D eigenvalue weighted by Crippen LogP contribution is -2.22. The van der Waals surface area contributed by atoms with Crippen LogP contribution in [0.25, 0.3) is 0 Å². The van der Waals surface area contributed by atoms with Gasteiger partial charge in [-0.15, -0.1) is 11.8 Å². The monoisotopic (exact) mass is 301 g/mol. The molecular weight excluding hydrogens is 290 g/mol. The Labute approximate surface area is 107 Å². The minimum Gasteiger partial charge on any atom is -0.258 e. The molecule has 86 valence electrons. The summed E-state index contributed by atoms with van der Waals surface area (Å²) < 4.78 is 0.576. The fraction of sp³-hybridized carbons (Fsp3) is 0.455. The summed E-state index contributed by atoms with van der Waals surface area (Å²) in [6, 6.07) is 3.59. The number of rotatable bonds is 1. The van der Waals surface area contributed by atoms with Crippen LogP contribution in [-0.2, 0) is 5.41 Å². The highest BCUT2D eigenvalue weighted by Crippen LogP contribution is 2.44. The highest BCUT2D eigenvalue weighted by molar-refractivity contribution is 9.10. The Morgan fingerprint density at radius 1 is 1.50 bits per heavy atom. The van der Waals surface area contributed by atoms with Gasteiger partial charge in [-0.05, 0) is 45.1 Å². The largest absolute Gasteiger partial charge is 0.284 e. The zero-order valence-electron chi connectivity index (χ0n) is 9.12. The van der Waals surface area contributed by atoms with E-state index in [4.69, 9.17) is 0 Å². The molecule has 1 aliphatic rings. The minimum absolute atomic E-state index is 0.109. The van der Waals surface area contributed by atoms with Gasteiger partial charge in [0, 0.05) is 11.0 Å². The summed E-state index contributed by atoms with van der Waals surface area (Å²) in [6.45, 7) is 4.37. The van der Waals surface area contributed by atoms with Crippen molar-refractivity contribution in [3.8, 4) is 0 Å². The Bertz CT molecular complexity index is 460. The zero-order valence-corrected chi connectivity index (χ0v) is 11.5. The number of nitro groups is 1. The van der Waals surface area contributed by atoms with Gasteiger partial charge in [0.15, 0.2) is 0 Å². The second kappa shape index (κ2) is 4.04. The molecule has 16 heavy (non-hydrogen) atoms. The standard InChI is InChI=1S/C11H12BrNO2S/c1-11(2)3-4-16-10-6-9(13(14)15)8(12)5-7(10)11/h5-6H,3-4H2,1-2H3. The maximum absolute atomic E-state index is 10.8. The van der Waals surface area contributed by atoms with E-state index in [2.05, 4.69) is 29.8 Å². The summed E-state index contributed by atoms with van der Waals surface area (Å²) in [5.41, 5.74) is 1.48. The van der Waals surface area contributed by atoms with E-state index in [-0.39, 0.29) is 16.0 Å². The van der Waals surface area contributed by atoms with Crippen molar-refractivity contribution in [1.82, 2.24) is 0 Å². The quantitative estimate of drug-likeness (QED) is 0.578. The lowest BCUT2D eigenvalue weighted by Gasteiger charge is -2.31. The molecule has 5 heteroatoms. The molecule has 1 aromatic carbocycles. The van der Waals surface area contributed by atoms with Gasteiger partial charge >= 0.3 is 0 Å². The van der Waals surface area contributed by atoms with E-state index in [1.807, 2.05) is 6.07 Å². The van der Waals surface area contributed by atoms with Gasteiger partial charge in [-0.1, -0.05) is 13.8 Å². The highest BCUT2D eigenvalue weighted by Gasteiger charge is 2.30. The summed E-state index contributed by atoms with van der Waals surface area (Å²) >= 11 is 4.98. The van der Waals surface area contributed by atoms with Crippen LogP contribution < -0.4 is 0 Å². The zero-order chi connectivity index (χ0) is 11.9. The van der Waals surface area contributed by atoms with Gasteiger partial charge in [0.25, 0.3) is 5.69 Å². The maximum Gasteiger partial charge on any atom is 0.284 e. The molecule has 0 aromatic heterocycles. The third-order valence-corrected chi connectivity index (χ3v) is 4.65. The molecule has 0 fully saturated rings. The molecule has 0 saturated heterocycles. The Morgan fingerprint density at radius 2 is 2.19 bits per heavy atom. The first kappa shape index (κ1) is 11.9. The van der Waals surface area contributed by atoms with Gasteiger partial charge in [-0.25, -0.2) is 0 Å². The molecule has 0 amide bonds. The topological polar surface area (TPSA) is 43.1 Å². The molecule has 0 bridgehead atoms. The van der Waals surface area contributed by atoms with Crippen molar-refractivity contribution in [2.45, 2.75) is 30.6 Å². The third kappa shape index (κ3) is 1.98. The molecule has 3 nitrogen and oxygen atoms in total. The number of fused-ring (bicyclic) bond motifs is 1. The number of halogens is 1. The van der Waals surface area contributed by atoms with E-state index in [1.54, 1.807) is 17.8 Å². The summed E-state index contributed by atoms with van der Waals surface area (Å²) in [5.74, 6) is 1.03. The number of benzene rings is 1. The molecule has 0 saturated carbocycles. The summed E-state index contributed by atoms with van der Waals surface area (Å²) in [5, 5.41) is 10.8. The van der Waals surface area contributed by atoms with Crippen LogP contribution in [-0.4, -0.2) is 10.7 Å². The number of nitro benzene ring substituents is 1. The molecule has 1 heterocycles. The average Bonchev–Trinajstić information content (AvgIpc) is 2.17. The highest BCUT2D eigenvalue weighted by atomic mass is 79.9. The van der Waals surface area contributed by atoms with Crippen LogP contribution in [0.5, 0.6) is 0 Å². The molecule has 0 atom stereocenters. The van der Waals surface area contributed by atoms with E-state index in [0.717, 1.165) is 17.1 Å². The Kier molecular flexibility index (Phi) is 3.01. The van der Waals surface area contributed by atoms with E-state index in [0.29, 0.717) is 4.47 Å². The summed E-state index contributed by atoms with van der Waals surface area (Å²) in [4.78, 5) is 11.5. The molecular formula is C11H12BrNO2S. The number of thioether (sulfide) groups is 1. The Hall–Kier alpha value is -0.550. The van der Waals surface area contributed by atoms with Crippen LogP contribution in [0.1, 0.15) is 25.8 Å². The second-order valence-electron chi connectivity index (χ2n) is 4.54. The van der Waals surface area contributed by atoms with Crippen molar-refractivity contribution in [3.63, 3.8) is 0 Å². The average molecular weight is 302 g/mol. The predicted octanol–water partition coefficient (Wildman–Crippen LogP) is 4.13. The minimum atomic E-state index is -0.341. The van der Waals surface area contributed by atoms with Gasteiger partial charge < -0.3 is 0 Å². The van der Waals surface area contributed by atoms with Crippen molar-refractivity contribution in [2.24, 2.45) is 0 Å². The molecule has 2 rings (SSSR count). The molecule has 0 unspecified atom stereocenters. The number of hydrogen-bond acceptors (Lipinski definition) is 3. The first-order chi connectivity index (χ1) is 7.42. The lowest BCUT2D eigenvalue weighted by atomic mass is 9.82. The van der Waals surface area contributed by atoms with Gasteiger partial charge in [0.2, 0.25) is 0 Å². The van der Waals surface area contributed by atoms with Gasteiger partial charge in [-0.2, -0.15) is 0 Å². The molecule has 1 aliphatic heterocycles. The van der Waals surface area contributed by atoms with Crippen LogP contribution in [0.4, 0.5) is 5.69 Å². The lowest BCUT2D eigenvalue weighted by molar-refractivity contribution is -0.385.